The number of rotatable bonds is 0. The van der Waals surface area contributed by atoms with Gasteiger partial charge >= 0.3 is 0 Å². The van der Waals surface area contributed by atoms with Gasteiger partial charge in [0.15, 0.2) is 23.0 Å². The smallest absolute Gasteiger partial charge is 0.231 e. The third-order valence-corrected chi connectivity index (χ3v) is 6.67. The van der Waals surface area contributed by atoms with Crippen molar-refractivity contribution in [1.82, 2.24) is 4.90 Å². The molecule has 2 unspecified atom stereocenters. The lowest BCUT2D eigenvalue weighted by atomic mass is 9.60. The van der Waals surface area contributed by atoms with Crippen LogP contribution < -0.4 is 18.9 Å². The summed E-state index contributed by atoms with van der Waals surface area (Å²) in [6.07, 6.45) is 0.0676. The first kappa shape index (κ1) is 15.6. The lowest BCUT2D eigenvalue weighted by molar-refractivity contribution is -0.000315. The molecule has 27 heavy (non-hydrogen) atoms. The summed E-state index contributed by atoms with van der Waals surface area (Å²) < 4.78 is 22.5. The van der Waals surface area contributed by atoms with Gasteiger partial charge in [-0.25, -0.2) is 0 Å². The maximum Gasteiger partial charge on any atom is 0.231 e. The van der Waals surface area contributed by atoms with Gasteiger partial charge < -0.3 is 24.1 Å². The van der Waals surface area contributed by atoms with Crippen LogP contribution >= 0.6 is 0 Å². The van der Waals surface area contributed by atoms with E-state index in [1.165, 1.54) is 5.56 Å². The molecule has 140 valence electrons. The van der Waals surface area contributed by atoms with Crippen LogP contribution in [0.5, 0.6) is 23.0 Å². The summed E-state index contributed by atoms with van der Waals surface area (Å²) in [6.45, 7) is 3.41. The molecule has 1 N–H and O–H groups in total. The third kappa shape index (κ3) is 1.87. The molecule has 3 aliphatic heterocycles. The van der Waals surface area contributed by atoms with Crippen LogP contribution in [0.15, 0.2) is 24.3 Å². The molecule has 4 aliphatic rings. The monoisotopic (exact) mass is 367 g/mol. The van der Waals surface area contributed by atoms with E-state index in [2.05, 4.69) is 31.0 Å². The van der Waals surface area contributed by atoms with Crippen molar-refractivity contribution in [3.8, 4) is 23.0 Å². The minimum atomic E-state index is -0.516. The fraction of sp³-hybridized carbons (Fsp3) is 0.429. The summed E-state index contributed by atoms with van der Waals surface area (Å²) in [5.74, 6) is 3.17. The molecule has 0 aromatic heterocycles. The molecule has 0 bridgehead atoms. The van der Waals surface area contributed by atoms with E-state index in [4.69, 9.17) is 18.9 Å². The van der Waals surface area contributed by atoms with Gasteiger partial charge in [-0.05, 0) is 48.4 Å². The number of hydrogen-bond acceptors (Lipinski definition) is 6. The van der Waals surface area contributed by atoms with Crippen molar-refractivity contribution in [2.24, 2.45) is 0 Å². The molecular weight excluding hydrogens is 346 g/mol. The highest BCUT2D eigenvalue weighted by molar-refractivity contribution is 5.59. The highest BCUT2D eigenvalue weighted by atomic mass is 16.7. The predicted octanol–water partition coefficient (Wildman–Crippen LogP) is 2.51. The number of ether oxygens (including phenoxy) is 4. The van der Waals surface area contributed by atoms with Crippen LogP contribution in [-0.4, -0.2) is 36.7 Å². The van der Waals surface area contributed by atoms with Crippen LogP contribution in [0.3, 0.4) is 0 Å². The summed E-state index contributed by atoms with van der Waals surface area (Å²) in [7, 11) is 2.10. The first-order valence-corrected chi connectivity index (χ1v) is 9.30. The van der Waals surface area contributed by atoms with Crippen molar-refractivity contribution in [2.45, 2.75) is 37.5 Å². The highest BCUT2D eigenvalue weighted by Crippen LogP contribution is 2.57. The molecular formula is C21H21NO5. The summed E-state index contributed by atoms with van der Waals surface area (Å²) in [6, 6.07) is 8.24. The van der Waals surface area contributed by atoms with E-state index in [9.17, 15) is 5.11 Å². The standard InChI is InChI=1S/C21H21NO5/c1-21-14-3-4-15-19(27-10-24-15)13(14)8-22(2)20(21)12-7-17-16(25-9-26-17)5-11(12)6-18(21)23/h3-5,7,18,20,23H,6,8-10H2,1-2H3/t18?,20?,21-/m0/s1. The van der Waals surface area contributed by atoms with Crippen molar-refractivity contribution in [3.05, 3.63) is 46.5 Å². The zero-order chi connectivity index (χ0) is 18.3. The summed E-state index contributed by atoms with van der Waals surface area (Å²) in [4.78, 5) is 2.30. The number of aliphatic hydroxyl groups is 1. The zero-order valence-corrected chi connectivity index (χ0v) is 15.3. The Kier molecular flexibility index (Phi) is 2.94. The predicted molar refractivity (Wildman–Crippen MR) is 96.4 cm³/mol. The summed E-state index contributed by atoms with van der Waals surface area (Å²) >= 11 is 0. The lowest BCUT2D eigenvalue weighted by Gasteiger charge is -2.53. The molecule has 2 aromatic carbocycles. The number of benzene rings is 2. The minimum absolute atomic E-state index is 0.0404. The van der Waals surface area contributed by atoms with E-state index in [0.29, 0.717) is 6.42 Å². The van der Waals surface area contributed by atoms with Crippen molar-refractivity contribution >= 4 is 0 Å². The van der Waals surface area contributed by atoms with Gasteiger partial charge in [-0.15, -0.1) is 0 Å². The number of likely N-dealkylation sites (N-methyl/N-ethyl adjacent to an activating group) is 1. The molecule has 6 rings (SSSR count). The van der Waals surface area contributed by atoms with Crippen molar-refractivity contribution in [2.75, 3.05) is 20.6 Å². The first-order chi connectivity index (χ1) is 13.1. The Bertz CT molecular complexity index is 974. The average Bonchev–Trinajstić information content (AvgIpc) is 3.29. The maximum atomic E-state index is 11.3. The molecule has 6 heteroatoms. The van der Waals surface area contributed by atoms with Gasteiger partial charge in [0.2, 0.25) is 13.6 Å². The van der Waals surface area contributed by atoms with Crippen molar-refractivity contribution < 1.29 is 24.1 Å². The third-order valence-electron chi connectivity index (χ3n) is 6.67. The zero-order valence-electron chi connectivity index (χ0n) is 15.3. The number of fused-ring (bicyclic) bond motifs is 8. The second kappa shape index (κ2) is 5.09. The van der Waals surface area contributed by atoms with Crippen molar-refractivity contribution in [3.63, 3.8) is 0 Å². The normalized spacial score (nSPS) is 29.9. The van der Waals surface area contributed by atoms with Gasteiger partial charge in [0, 0.05) is 23.6 Å². The molecule has 0 fully saturated rings. The molecule has 0 radical (unpaired) electrons. The molecule has 0 saturated heterocycles. The van der Waals surface area contributed by atoms with E-state index in [-0.39, 0.29) is 19.6 Å². The molecule has 0 amide bonds. The maximum absolute atomic E-state index is 11.3. The van der Waals surface area contributed by atoms with Crippen LogP contribution in [0.2, 0.25) is 0 Å². The molecule has 2 aromatic rings. The average molecular weight is 367 g/mol. The molecule has 1 aliphatic carbocycles. The van der Waals surface area contributed by atoms with Crippen LogP contribution in [0, 0.1) is 0 Å². The Hall–Kier alpha value is -2.44. The molecule has 0 saturated carbocycles. The van der Waals surface area contributed by atoms with Crippen LogP contribution in [0.1, 0.15) is 35.2 Å². The number of hydrogen-bond donors (Lipinski definition) is 1. The lowest BCUT2D eigenvalue weighted by Crippen LogP contribution is -2.55. The van der Waals surface area contributed by atoms with Gasteiger partial charge in [-0.1, -0.05) is 13.0 Å². The Labute approximate surface area is 157 Å². The summed E-state index contributed by atoms with van der Waals surface area (Å²) in [5.41, 5.74) is 4.15. The van der Waals surface area contributed by atoms with E-state index >= 15 is 0 Å². The highest BCUT2D eigenvalue weighted by Gasteiger charge is 2.53. The largest absolute Gasteiger partial charge is 0.454 e. The summed E-state index contributed by atoms with van der Waals surface area (Å²) in [5, 5.41) is 11.3. The van der Waals surface area contributed by atoms with Gasteiger partial charge in [0.05, 0.1) is 6.10 Å². The fourth-order valence-electron chi connectivity index (χ4n) is 5.41. The van der Waals surface area contributed by atoms with Crippen LogP contribution in [-0.2, 0) is 18.4 Å². The second-order valence-corrected chi connectivity index (χ2v) is 8.05. The Morgan fingerprint density at radius 1 is 1.04 bits per heavy atom. The second-order valence-electron chi connectivity index (χ2n) is 8.05. The van der Waals surface area contributed by atoms with Crippen LogP contribution in [0.4, 0.5) is 0 Å². The van der Waals surface area contributed by atoms with Gasteiger partial charge in [-0.2, -0.15) is 0 Å². The van der Waals surface area contributed by atoms with E-state index in [1.807, 2.05) is 12.1 Å². The minimum Gasteiger partial charge on any atom is -0.454 e. The van der Waals surface area contributed by atoms with E-state index in [0.717, 1.165) is 46.2 Å². The Morgan fingerprint density at radius 3 is 2.63 bits per heavy atom. The molecule has 6 nitrogen and oxygen atoms in total. The van der Waals surface area contributed by atoms with Gasteiger partial charge in [0.1, 0.15) is 0 Å². The van der Waals surface area contributed by atoms with Gasteiger partial charge in [0.25, 0.3) is 0 Å². The Balaban J connectivity index is 1.58. The van der Waals surface area contributed by atoms with Gasteiger partial charge in [-0.3, -0.25) is 4.90 Å². The SMILES string of the molecule is CN1Cc2c(ccc3c2OCO3)[C@@]2(C)C(O)Cc3cc4c(cc3C12)OCO4. The number of nitrogens with zero attached hydrogens (tertiary/aromatic N) is 1. The Morgan fingerprint density at radius 2 is 1.78 bits per heavy atom. The first-order valence-electron chi connectivity index (χ1n) is 9.30. The quantitative estimate of drug-likeness (QED) is 0.772. The molecule has 3 heterocycles. The van der Waals surface area contributed by atoms with Crippen LogP contribution in [0.25, 0.3) is 0 Å². The molecule has 3 atom stereocenters. The fourth-order valence-corrected chi connectivity index (χ4v) is 5.41. The van der Waals surface area contributed by atoms with E-state index in [1.54, 1.807) is 0 Å². The number of aliphatic hydroxyl groups excluding tert-OH is 1. The van der Waals surface area contributed by atoms with E-state index < -0.39 is 11.5 Å². The van der Waals surface area contributed by atoms with Crippen molar-refractivity contribution in [1.29, 1.82) is 0 Å². The topological polar surface area (TPSA) is 60.4 Å². The molecule has 0 spiro atoms.